The van der Waals surface area contributed by atoms with Gasteiger partial charge in [-0.15, -0.1) is 0 Å². The minimum absolute atomic E-state index is 0. The number of halogens is 1. The van der Waals surface area contributed by atoms with Gasteiger partial charge in [-0.2, -0.15) is 0 Å². The van der Waals surface area contributed by atoms with Crippen LogP contribution >= 0.6 is 11.8 Å². The molecule has 0 aliphatic carbocycles. The van der Waals surface area contributed by atoms with Crippen molar-refractivity contribution in [3.8, 4) is 0 Å². The third-order valence-electron chi connectivity index (χ3n) is 5.02. The van der Waals surface area contributed by atoms with E-state index < -0.39 is 0 Å². The van der Waals surface area contributed by atoms with E-state index in [1.54, 1.807) is 0 Å². The Bertz CT molecular complexity index is 501. The fourth-order valence-electron chi connectivity index (χ4n) is 3.41. The maximum absolute atomic E-state index is 2.43. The van der Waals surface area contributed by atoms with E-state index in [0.717, 1.165) is 12.3 Å². The third-order valence-corrected chi connectivity index (χ3v) is 6.43. The van der Waals surface area contributed by atoms with Crippen LogP contribution in [0.5, 0.6) is 0 Å². The summed E-state index contributed by atoms with van der Waals surface area (Å²) >= 11 is 1.94. The Balaban J connectivity index is 0.00000729. The van der Waals surface area contributed by atoms with Crippen molar-refractivity contribution in [3.05, 3.63) is 35.9 Å². The largest absolute Gasteiger partial charge is 1.00 e. The molecule has 4 heteroatoms. The van der Waals surface area contributed by atoms with Crippen LogP contribution in [-0.2, 0) is 5.75 Å². The minimum atomic E-state index is 0. The van der Waals surface area contributed by atoms with Crippen LogP contribution < -0.4 is 12.4 Å². The Morgan fingerprint density at radius 3 is 1.82 bits per heavy atom. The molecule has 0 saturated carbocycles. The molecule has 0 aromatic heterocycles. The molecule has 0 aliphatic heterocycles. The van der Waals surface area contributed by atoms with Gasteiger partial charge in [0.2, 0.25) is 0 Å². The highest BCUT2D eigenvalue weighted by molar-refractivity contribution is 8.12. The average molecular weight is 427 g/mol. The van der Waals surface area contributed by atoms with E-state index in [-0.39, 0.29) is 12.4 Å². The van der Waals surface area contributed by atoms with E-state index in [0.29, 0.717) is 0 Å². The molecular formula is C24H43ClN2S. The van der Waals surface area contributed by atoms with E-state index in [9.17, 15) is 0 Å². The van der Waals surface area contributed by atoms with Gasteiger partial charge in [0.15, 0.2) is 0 Å². The van der Waals surface area contributed by atoms with Gasteiger partial charge in [-0.3, -0.25) is 9.48 Å². The third kappa shape index (κ3) is 13.5. The molecule has 162 valence electrons. The Morgan fingerprint density at radius 1 is 0.821 bits per heavy atom. The number of rotatable bonds is 14. The smallest absolute Gasteiger partial charge is 0.308 e. The lowest BCUT2D eigenvalue weighted by atomic mass is 10.1. The molecule has 0 amide bonds. The summed E-state index contributed by atoms with van der Waals surface area (Å²) in [7, 11) is 6.55. The standard InChI is InChI=1S/C24H43N2S.ClH/c1-5-6-7-8-9-10-11-12-13-14-18-21-26(4)24(25(2)3)27-22-23-19-16-15-17-20-23;/h15-17,19-20H,5-14,18,21-22H2,1-4H3;1H/q+1;/p-1. The molecule has 1 aromatic carbocycles. The monoisotopic (exact) mass is 426 g/mol. The van der Waals surface area contributed by atoms with E-state index >= 15 is 0 Å². The van der Waals surface area contributed by atoms with Crippen LogP contribution in [0.4, 0.5) is 0 Å². The van der Waals surface area contributed by atoms with Crippen molar-refractivity contribution in [2.45, 2.75) is 83.3 Å². The van der Waals surface area contributed by atoms with E-state index in [1.807, 2.05) is 11.8 Å². The van der Waals surface area contributed by atoms with Crippen molar-refractivity contribution in [2.75, 3.05) is 27.7 Å². The molecular weight excluding hydrogens is 384 g/mol. The van der Waals surface area contributed by atoms with Gasteiger partial charge in [-0.1, -0.05) is 95.0 Å². The Hall–Kier alpha value is -0.670. The second kappa shape index (κ2) is 18.4. The van der Waals surface area contributed by atoms with Crippen LogP contribution in [0.2, 0.25) is 0 Å². The highest BCUT2D eigenvalue weighted by atomic mass is 35.5. The fraction of sp³-hybridized carbons (Fsp3) is 0.708. The van der Waals surface area contributed by atoms with Gasteiger partial charge in [0.25, 0.3) is 0 Å². The maximum atomic E-state index is 2.43. The number of hydrogen-bond acceptors (Lipinski definition) is 1. The zero-order valence-corrected chi connectivity index (χ0v) is 20.3. The van der Waals surface area contributed by atoms with Gasteiger partial charge in [0.1, 0.15) is 0 Å². The molecule has 0 fully saturated rings. The minimum Gasteiger partial charge on any atom is -1.00 e. The molecule has 0 heterocycles. The zero-order chi connectivity index (χ0) is 19.7. The summed E-state index contributed by atoms with van der Waals surface area (Å²) in [5.41, 5.74) is 1.39. The second-order valence-electron chi connectivity index (χ2n) is 7.91. The summed E-state index contributed by atoms with van der Waals surface area (Å²) in [6, 6.07) is 10.8. The first kappa shape index (κ1) is 27.3. The maximum Gasteiger partial charge on any atom is 0.308 e. The predicted octanol–water partition coefficient (Wildman–Crippen LogP) is 3.79. The molecule has 0 N–H and O–H groups in total. The van der Waals surface area contributed by atoms with Gasteiger partial charge in [0, 0.05) is 5.75 Å². The number of hydrogen-bond donors (Lipinski definition) is 0. The Labute approximate surface area is 185 Å². The quantitative estimate of drug-likeness (QED) is 0.193. The molecule has 0 saturated heterocycles. The van der Waals surface area contributed by atoms with Crippen LogP contribution in [-0.4, -0.2) is 42.3 Å². The molecule has 0 unspecified atom stereocenters. The first-order chi connectivity index (χ1) is 13.1. The molecule has 2 nitrogen and oxygen atoms in total. The van der Waals surface area contributed by atoms with Crippen LogP contribution in [0.25, 0.3) is 0 Å². The topological polar surface area (TPSA) is 6.25 Å². The second-order valence-corrected chi connectivity index (χ2v) is 8.85. The highest BCUT2D eigenvalue weighted by Crippen LogP contribution is 2.16. The first-order valence-corrected chi connectivity index (χ1v) is 12.1. The van der Waals surface area contributed by atoms with Crippen molar-refractivity contribution in [1.29, 1.82) is 0 Å². The number of benzene rings is 1. The summed E-state index contributed by atoms with van der Waals surface area (Å²) in [5.74, 6) is 1.04. The van der Waals surface area contributed by atoms with Crippen molar-refractivity contribution >= 4 is 16.9 Å². The Morgan fingerprint density at radius 2 is 1.32 bits per heavy atom. The van der Waals surface area contributed by atoms with Crippen molar-refractivity contribution < 1.29 is 17.0 Å². The molecule has 28 heavy (non-hydrogen) atoms. The lowest BCUT2D eigenvalue weighted by Gasteiger charge is -2.15. The van der Waals surface area contributed by atoms with Crippen LogP contribution in [0.1, 0.15) is 83.1 Å². The lowest BCUT2D eigenvalue weighted by Crippen LogP contribution is -3.00. The van der Waals surface area contributed by atoms with Crippen molar-refractivity contribution in [3.63, 3.8) is 0 Å². The zero-order valence-electron chi connectivity index (χ0n) is 18.8. The fourth-order valence-corrected chi connectivity index (χ4v) is 4.47. The molecule has 0 atom stereocenters. The number of unbranched alkanes of at least 4 members (excludes halogenated alkanes) is 10. The van der Waals surface area contributed by atoms with Crippen LogP contribution in [0.3, 0.4) is 0 Å². The number of amidine groups is 1. The van der Waals surface area contributed by atoms with Gasteiger partial charge >= 0.3 is 5.17 Å². The molecule has 0 radical (unpaired) electrons. The highest BCUT2D eigenvalue weighted by Gasteiger charge is 2.16. The van der Waals surface area contributed by atoms with Crippen LogP contribution in [0.15, 0.2) is 30.3 Å². The summed E-state index contributed by atoms with van der Waals surface area (Å²) in [4.78, 5) is 2.43. The van der Waals surface area contributed by atoms with Crippen LogP contribution in [0, 0.1) is 0 Å². The molecule has 1 rings (SSSR count). The summed E-state index contributed by atoms with van der Waals surface area (Å²) in [6.45, 7) is 3.45. The van der Waals surface area contributed by atoms with Gasteiger partial charge in [0.05, 0.1) is 27.7 Å². The Kier molecular flexibility index (Phi) is 17.9. The molecule has 0 aliphatic rings. The summed E-state index contributed by atoms with van der Waals surface area (Å²) in [6.07, 6.45) is 15.5. The molecule has 0 spiro atoms. The van der Waals surface area contributed by atoms with Crippen molar-refractivity contribution in [1.82, 2.24) is 4.90 Å². The molecule has 1 aromatic rings. The summed E-state index contributed by atoms with van der Waals surface area (Å²) in [5, 5.41) is 1.37. The van der Waals surface area contributed by atoms with E-state index in [4.69, 9.17) is 0 Å². The molecule has 0 bridgehead atoms. The normalized spacial score (nSPS) is 10.4. The lowest BCUT2D eigenvalue weighted by molar-refractivity contribution is -0.466. The van der Waals surface area contributed by atoms with Gasteiger partial charge < -0.3 is 12.4 Å². The first-order valence-electron chi connectivity index (χ1n) is 11.1. The predicted molar refractivity (Wildman–Crippen MR) is 124 cm³/mol. The van der Waals surface area contributed by atoms with Gasteiger partial charge in [-0.25, -0.2) is 0 Å². The number of nitrogens with zero attached hydrogens (tertiary/aromatic N) is 2. The van der Waals surface area contributed by atoms with Crippen molar-refractivity contribution in [2.24, 2.45) is 0 Å². The number of thioether (sulfide) groups is 1. The van der Waals surface area contributed by atoms with E-state index in [2.05, 4.69) is 67.9 Å². The SMILES string of the molecule is CCCCCCCCCCCCCN(C)C(SCc1ccccc1)=[N+](C)C.[Cl-]. The van der Waals surface area contributed by atoms with Gasteiger partial charge in [-0.05, 0) is 30.2 Å². The van der Waals surface area contributed by atoms with E-state index in [1.165, 1.54) is 81.4 Å². The summed E-state index contributed by atoms with van der Waals surface area (Å²) < 4.78 is 2.26. The average Bonchev–Trinajstić information content (AvgIpc) is 2.67.